The lowest BCUT2D eigenvalue weighted by Gasteiger charge is -2.25. The molecule has 5 nitrogen and oxygen atoms in total. The van der Waals surface area contributed by atoms with Crippen molar-refractivity contribution in [2.24, 2.45) is 5.73 Å². The van der Waals surface area contributed by atoms with Crippen LogP contribution in [0, 0.1) is 24.4 Å². The maximum Gasteiger partial charge on any atom is 0.260 e. The Morgan fingerprint density at radius 2 is 1.64 bits per heavy atom. The van der Waals surface area contributed by atoms with Crippen LogP contribution in [0.3, 0.4) is 0 Å². The number of nitrogens with zero attached hydrogens (tertiary/aromatic N) is 1. The lowest BCUT2D eigenvalue weighted by atomic mass is 9.93. The van der Waals surface area contributed by atoms with Gasteiger partial charge in [-0.3, -0.25) is 9.36 Å². The molecule has 0 aliphatic carbocycles. The number of halogens is 3. The van der Waals surface area contributed by atoms with Gasteiger partial charge in [-0.1, -0.05) is 30.3 Å². The Hall–Kier alpha value is -3.69. The van der Waals surface area contributed by atoms with Gasteiger partial charge in [-0.25, -0.2) is 13.2 Å². The number of nitrogens with two attached hydrogens (primary N) is 1. The highest BCUT2D eigenvalue weighted by Gasteiger charge is 2.35. The molecule has 0 saturated carbocycles. The minimum Gasteiger partial charge on any atom is -0.497 e. The second kappa shape index (κ2) is 10.8. The van der Waals surface area contributed by atoms with Crippen LogP contribution in [0.15, 0.2) is 70.5 Å². The van der Waals surface area contributed by atoms with Gasteiger partial charge in [0.25, 0.3) is 5.56 Å². The smallest absolute Gasteiger partial charge is 0.260 e. The molecule has 0 spiro atoms. The number of methoxy groups -OCH3 is 2. The molecule has 0 amide bonds. The number of ether oxygens (including phenoxy) is 2. The van der Waals surface area contributed by atoms with Crippen molar-refractivity contribution in [2.45, 2.75) is 30.5 Å². The molecule has 39 heavy (non-hydrogen) atoms. The monoisotopic (exact) mass is 552 g/mol. The Labute approximate surface area is 228 Å². The Morgan fingerprint density at radius 1 is 0.974 bits per heavy atom. The third-order valence-electron chi connectivity index (χ3n) is 7.24. The molecule has 2 heterocycles. The number of rotatable bonds is 7. The maximum absolute atomic E-state index is 15.5. The van der Waals surface area contributed by atoms with Crippen LogP contribution in [0.2, 0.25) is 0 Å². The van der Waals surface area contributed by atoms with E-state index in [1.807, 2.05) is 12.1 Å². The number of thioether (sulfide) groups is 1. The van der Waals surface area contributed by atoms with Crippen molar-refractivity contribution < 1.29 is 22.6 Å². The number of benzene rings is 3. The van der Waals surface area contributed by atoms with Gasteiger partial charge in [0, 0.05) is 23.3 Å². The highest BCUT2D eigenvalue weighted by Crippen LogP contribution is 2.44. The molecule has 0 fully saturated rings. The van der Waals surface area contributed by atoms with Crippen molar-refractivity contribution in [3.05, 3.63) is 111 Å². The fourth-order valence-corrected chi connectivity index (χ4v) is 6.55. The standard InChI is InChI=1S/C30H27F3N2O3S/c1-16-20(14-21-22(31)7-5-8-23(21)32)30-35(29(36)26(16)19-6-4-9-25(38-3)27(19)33)24(15-39-30)28(34)17-10-12-18(37-2)13-11-17/h4-13,24,28H,14-15,34H2,1-3H3/t24-,28?/m1/s1. The van der Waals surface area contributed by atoms with Gasteiger partial charge < -0.3 is 15.2 Å². The minimum absolute atomic E-state index is 0.0145. The van der Waals surface area contributed by atoms with Gasteiger partial charge in [0.1, 0.15) is 17.4 Å². The van der Waals surface area contributed by atoms with Crippen molar-refractivity contribution in [2.75, 3.05) is 20.0 Å². The number of hydrogen-bond acceptors (Lipinski definition) is 5. The predicted molar refractivity (Wildman–Crippen MR) is 146 cm³/mol. The summed E-state index contributed by atoms with van der Waals surface area (Å²) in [6.45, 7) is 1.68. The topological polar surface area (TPSA) is 66.5 Å². The van der Waals surface area contributed by atoms with Gasteiger partial charge in [-0.05, 0) is 53.9 Å². The summed E-state index contributed by atoms with van der Waals surface area (Å²) in [4.78, 5) is 14.1. The lowest BCUT2D eigenvalue weighted by Crippen LogP contribution is -2.33. The average molecular weight is 553 g/mol. The maximum atomic E-state index is 15.5. The lowest BCUT2D eigenvalue weighted by molar-refractivity contribution is 0.387. The zero-order valence-electron chi connectivity index (χ0n) is 21.6. The summed E-state index contributed by atoms with van der Waals surface area (Å²) < 4.78 is 57.0. The summed E-state index contributed by atoms with van der Waals surface area (Å²) in [6.07, 6.45) is -0.115. The zero-order valence-corrected chi connectivity index (χ0v) is 22.5. The van der Waals surface area contributed by atoms with Crippen molar-refractivity contribution in [1.82, 2.24) is 4.57 Å². The Balaban J connectivity index is 1.74. The third kappa shape index (κ3) is 4.70. The van der Waals surface area contributed by atoms with Crippen LogP contribution in [0.1, 0.15) is 34.3 Å². The summed E-state index contributed by atoms with van der Waals surface area (Å²) >= 11 is 1.40. The largest absolute Gasteiger partial charge is 0.497 e. The Bertz CT molecular complexity index is 1580. The molecule has 5 rings (SSSR count). The molecule has 1 aliphatic rings. The Kier molecular flexibility index (Phi) is 7.46. The molecule has 4 aromatic rings. The molecule has 1 unspecified atom stereocenters. The average Bonchev–Trinajstić information content (AvgIpc) is 3.38. The molecule has 0 radical (unpaired) electrons. The number of hydrogen-bond donors (Lipinski definition) is 1. The molecule has 0 bridgehead atoms. The van der Waals surface area contributed by atoms with E-state index in [0.717, 1.165) is 5.56 Å². The van der Waals surface area contributed by atoms with Crippen LogP contribution in [0.4, 0.5) is 13.2 Å². The molecule has 9 heteroatoms. The molecule has 3 aromatic carbocycles. The van der Waals surface area contributed by atoms with E-state index in [9.17, 15) is 13.6 Å². The summed E-state index contributed by atoms with van der Waals surface area (Å²) in [5, 5.41) is 0.571. The normalized spacial score (nSPS) is 15.2. The van der Waals surface area contributed by atoms with Gasteiger partial charge in [0.05, 0.1) is 36.9 Å². The van der Waals surface area contributed by atoms with E-state index in [-0.39, 0.29) is 28.9 Å². The minimum atomic E-state index is -0.692. The molecule has 0 saturated heterocycles. The fourth-order valence-electron chi connectivity index (χ4n) is 5.10. The van der Waals surface area contributed by atoms with Gasteiger partial charge in [-0.15, -0.1) is 11.8 Å². The van der Waals surface area contributed by atoms with Crippen LogP contribution >= 0.6 is 11.8 Å². The first-order chi connectivity index (χ1) is 18.8. The highest BCUT2D eigenvalue weighted by atomic mass is 32.2. The summed E-state index contributed by atoms with van der Waals surface area (Å²) in [5.74, 6) is -0.959. The van der Waals surface area contributed by atoms with E-state index in [0.29, 0.717) is 27.7 Å². The van der Waals surface area contributed by atoms with Gasteiger partial charge >= 0.3 is 0 Å². The number of fused-ring (bicyclic) bond motifs is 1. The van der Waals surface area contributed by atoms with E-state index in [2.05, 4.69) is 0 Å². The molecule has 2 atom stereocenters. The number of pyridine rings is 1. The van der Waals surface area contributed by atoms with Crippen molar-refractivity contribution in [3.8, 4) is 22.6 Å². The molecule has 202 valence electrons. The van der Waals surface area contributed by atoms with E-state index < -0.39 is 35.1 Å². The van der Waals surface area contributed by atoms with Crippen LogP contribution in [0.25, 0.3) is 11.1 Å². The summed E-state index contributed by atoms with van der Waals surface area (Å²) in [7, 11) is 2.91. The third-order valence-corrected chi connectivity index (χ3v) is 8.47. The first kappa shape index (κ1) is 26.9. The van der Waals surface area contributed by atoms with E-state index in [1.165, 1.54) is 49.2 Å². The molecule has 2 N–H and O–H groups in total. The fraction of sp³-hybridized carbons (Fsp3) is 0.233. The summed E-state index contributed by atoms with van der Waals surface area (Å²) in [6, 6.07) is 14.5. The van der Waals surface area contributed by atoms with Crippen LogP contribution < -0.4 is 20.8 Å². The molecular weight excluding hydrogens is 525 g/mol. The van der Waals surface area contributed by atoms with E-state index in [1.54, 1.807) is 36.8 Å². The quantitative estimate of drug-likeness (QED) is 0.296. The van der Waals surface area contributed by atoms with Crippen LogP contribution in [-0.4, -0.2) is 24.5 Å². The van der Waals surface area contributed by atoms with Gasteiger partial charge in [0.2, 0.25) is 0 Å². The number of aromatic nitrogens is 1. The van der Waals surface area contributed by atoms with Crippen molar-refractivity contribution in [1.29, 1.82) is 0 Å². The first-order valence-corrected chi connectivity index (χ1v) is 13.3. The van der Waals surface area contributed by atoms with Gasteiger partial charge in [-0.2, -0.15) is 0 Å². The van der Waals surface area contributed by atoms with E-state index >= 15 is 4.39 Å². The van der Waals surface area contributed by atoms with Crippen molar-refractivity contribution in [3.63, 3.8) is 0 Å². The highest BCUT2D eigenvalue weighted by molar-refractivity contribution is 7.99. The predicted octanol–water partition coefficient (Wildman–Crippen LogP) is 6.20. The second-order valence-electron chi connectivity index (χ2n) is 9.33. The van der Waals surface area contributed by atoms with Gasteiger partial charge in [0.15, 0.2) is 11.6 Å². The second-order valence-corrected chi connectivity index (χ2v) is 10.3. The first-order valence-electron chi connectivity index (χ1n) is 12.3. The summed E-state index contributed by atoms with van der Waals surface area (Å²) in [5.41, 5.74) is 8.10. The molecular formula is C30H27F3N2O3S. The molecule has 1 aliphatic heterocycles. The zero-order chi connectivity index (χ0) is 27.8. The Morgan fingerprint density at radius 3 is 2.28 bits per heavy atom. The van der Waals surface area contributed by atoms with Crippen LogP contribution in [-0.2, 0) is 6.42 Å². The van der Waals surface area contributed by atoms with E-state index in [4.69, 9.17) is 15.2 Å². The van der Waals surface area contributed by atoms with Crippen molar-refractivity contribution >= 4 is 11.8 Å². The SMILES string of the molecule is COc1ccc(C(N)[C@H]2CSc3c(Cc4c(F)cccc4F)c(C)c(-c4cccc(OC)c4F)c(=O)n32)cc1. The van der Waals surface area contributed by atoms with Crippen LogP contribution in [0.5, 0.6) is 11.5 Å². The molecule has 1 aromatic heterocycles.